The number of hydrogen-bond donors (Lipinski definition) is 2. The van der Waals surface area contributed by atoms with Gasteiger partial charge in [-0.3, -0.25) is 9.59 Å². The van der Waals surface area contributed by atoms with Crippen LogP contribution in [-0.4, -0.2) is 15.6 Å². The predicted octanol–water partition coefficient (Wildman–Crippen LogP) is 4.07. The molecular weight excluding hydrogens is 360 g/mol. The van der Waals surface area contributed by atoms with Gasteiger partial charge in [-0.25, -0.2) is 0 Å². The number of aromatic nitrogens is 1. The molecule has 6 heteroatoms. The molecular formula is C21H16N2O3S. The van der Waals surface area contributed by atoms with Gasteiger partial charge in [-0.05, 0) is 29.1 Å². The van der Waals surface area contributed by atoms with Crippen LogP contribution < -0.4 is 10.9 Å². The first-order valence-electron chi connectivity index (χ1n) is 8.38. The van der Waals surface area contributed by atoms with Gasteiger partial charge in [0.15, 0.2) is 5.75 Å². The van der Waals surface area contributed by atoms with Crippen molar-refractivity contribution < 1.29 is 9.90 Å². The maximum atomic E-state index is 13.1. The van der Waals surface area contributed by atoms with Gasteiger partial charge in [-0.1, -0.05) is 48.5 Å². The molecule has 0 aliphatic carbocycles. The number of nitrogens with one attached hydrogen (secondary N) is 1. The molecule has 0 spiro atoms. The molecule has 4 aromatic rings. The van der Waals surface area contributed by atoms with E-state index in [2.05, 4.69) is 5.32 Å². The summed E-state index contributed by atoms with van der Waals surface area (Å²) in [6.07, 6.45) is 0. The summed E-state index contributed by atoms with van der Waals surface area (Å²) in [6, 6.07) is 20.2. The number of carbonyl (C=O) groups is 1. The fraction of sp³-hybridized carbons (Fsp3) is 0.0476. The van der Waals surface area contributed by atoms with Crippen LogP contribution in [0.15, 0.2) is 76.9 Å². The second-order valence-electron chi connectivity index (χ2n) is 6.06. The van der Waals surface area contributed by atoms with Crippen LogP contribution in [0.1, 0.15) is 15.9 Å². The zero-order valence-electron chi connectivity index (χ0n) is 14.3. The van der Waals surface area contributed by atoms with Crippen LogP contribution in [0.2, 0.25) is 0 Å². The highest BCUT2D eigenvalue weighted by Gasteiger charge is 2.23. The summed E-state index contributed by atoms with van der Waals surface area (Å²) >= 11 is 1.30. The quantitative estimate of drug-likeness (QED) is 0.564. The molecule has 2 aromatic heterocycles. The summed E-state index contributed by atoms with van der Waals surface area (Å²) in [5.74, 6) is -0.899. The van der Waals surface area contributed by atoms with Gasteiger partial charge in [0.05, 0.1) is 16.8 Å². The molecule has 5 nitrogen and oxygen atoms in total. The van der Waals surface area contributed by atoms with E-state index in [-0.39, 0.29) is 11.3 Å². The fourth-order valence-corrected chi connectivity index (χ4v) is 3.84. The number of para-hydroxylation sites is 1. The van der Waals surface area contributed by atoms with Crippen LogP contribution in [0.25, 0.3) is 10.2 Å². The lowest BCUT2D eigenvalue weighted by molar-refractivity contribution is 0.102. The van der Waals surface area contributed by atoms with E-state index >= 15 is 0 Å². The van der Waals surface area contributed by atoms with E-state index in [1.54, 1.807) is 35.7 Å². The third-order valence-electron chi connectivity index (χ3n) is 4.29. The Morgan fingerprint density at radius 1 is 1.00 bits per heavy atom. The van der Waals surface area contributed by atoms with E-state index in [4.69, 9.17) is 0 Å². The third-order valence-corrected chi connectivity index (χ3v) is 5.20. The SMILES string of the molecule is O=C(Nc1ccccc1)c1c(O)c2sccc2n(Cc2ccccc2)c1=O. The highest BCUT2D eigenvalue weighted by atomic mass is 32.1. The first-order valence-corrected chi connectivity index (χ1v) is 9.26. The van der Waals surface area contributed by atoms with E-state index in [9.17, 15) is 14.7 Å². The molecule has 0 atom stereocenters. The standard InChI is InChI=1S/C21H16N2O3S/c24-18-17(20(25)22-15-9-5-2-6-10-15)21(26)23(16-11-12-27-19(16)18)13-14-7-3-1-4-8-14/h1-12,24H,13H2,(H,22,25). The molecule has 0 bridgehead atoms. The van der Waals surface area contributed by atoms with Crippen LogP contribution in [0.5, 0.6) is 5.75 Å². The van der Waals surface area contributed by atoms with Gasteiger partial charge in [-0.15, -0.1) is 11.3 Å². The molecule has 0 aliphatic heterocycles. The van der Waals surface area contributed by atoms with Crippen molar-refractivity contribution in [3.8, 4) is 5.75 Å². The van der Waals surface area contributed by atoms with E-state index < -0.39 is 11.5 Å². The fourth-order valence-electron chi connectivity index (χ4n) is 2.99. The van der Waals surface area contributed by atoms with E-state index in [0.29, 0.717) is 22.4 Å². The van der Waals surface area contributed by atoms with Crippen molar-refractivity contribution in [3.05, 3.63) is 93.6 Å². The monoisotopic (exact) mass is 376 g/mol. The van der Waals surface area contributed by atoms with Gasteiger partial charge in [0.25, 0.3) is 11.5 Å². The summed E-state index contributed by atoms with van der Waals surface area (Å²) in [5.41, 5.74) is 1.34. The minimum absolute atomic E-state index is 0.246. The molecule has 4 rings (SSSR count). The second kappa shape index (κ2) is 7.09. The number of carbonyl (C=O) groups excluding carboxylic acids is 1. The number of pyridine rings is 1. The molecule has 0 saturated carbocycles. The maximum Gasteiger partial charge on any atom is 0.268 e. The summed E-state index contributed by atoms with van der Waals surface area (Å²) in [4.78, 5) is 25.8. The zero-order chi connectivity index (χ0) is 18.8. The van der Waals surface area contributed by atoms with E-state index in [1.165, 1.54) is 15.9 Å². The average molecular weight is 376 g/mol. The second-order valence-corrected chi connectivity index (χ2v) is 6.97. The minimum atomic E-state index is -0.624. The Bertz CT molecular complexity index is 1160. The molecule has 2 N–H and O–H groups in total. The van der Waals surface area contributed by atoms with Crippen molar-refractivity contribution in [3.63, 3.8) is 0 Å². The summed E-state index contributed by atoms with van der Waals surface area (Å²) < 4.78 is 2.05. The third kappa shape index (κ3) is 3.22. The maximum absolute atomic E-state index is 13.1. The molecule has 0 fully saturated rings. The van der Waals surface area contributed by atoms with E-state index in [0.717, 1.165) is 5.56 Å². The number of anilines is 1. The topological polar surface area (TPSA) is 71.3 Å². The normalized spacial score (nSPS) is 10.8. The van der Waals surface area contributed by atoms with Crippen molar-refractivity contribution in [1.82, 2.24) is 4.57 Å². The Kier molecular flexibility index (Phi) is 4.48. The van der Waals surface area contributed by atoms with Crippen LogP contribution in [0.3, 0.4) is 0 Å². The Balaban J connectivity index is 1.83. The number of rotatable bonds is 4. The van der Waals surface area contributed by atoms with Crippen molar-refractivity contribution in [2.24, 2.45) is 0 Å². The first kappa shape index (κ1) is 17.1. The first-order chi connectivity index (χ1) is 13.1. The van der Waals surface area contributed by atoms with Gasteiger partial charge in [0.2, 0.25) is 0 Å². The molecule has 0 saturated heterocycles. The molecule has 0 radical (unpaired) electrons. The lowest BCUT2D eigenvalue weighted by Crippen LogP contribution is -2.29. The summed E-state index contributed by atoms with van der Waals surface area (Å²) in [7, 11) is 0. The molecule has 0 unspecified atom stereocenters. The summed E-state index contributed by atoms with van der Waals surface area (Å²) in [6.45, 7) is 0.318. The van der Waals surface area contributed by atoms with Gasteiger partial charge < -0.3 is 15.0 Å². The lowest BCUT2D eigenvalue weighted by Gasteiger charge is -2.13. The van der Waals surface area contributed by atoms with Crippen molar-refractivity contribution in [2.45, 2.75) is 6.54 Å². The van der Waals surface area contributed by atoms with Gasteiger partial charge in [0, 0.05) is 5.69 Å². The van der Waals surface area contributed by atoms with Crippen LogP contribution in [0, 0.1) is 0 Å². The molecule has 27 heavy (non-hydrogen) atoms. The number of fused-ring (bicyclic) bond motifs is 1. The number of hydrogen-bond acceptors (Lipinski definition) is 4. The Morgan fingerprint density at radius 2 is 1.67 bits per heavy atom. The van der Waals surface area contributed by atoms with Gasteiger partial charge >= 0.3 is 0 Å². The Morgan fingerprint density at radius 3 is 2.37 bits per heavy atom. The van der Waals surface area contributed by atoms with Crippen molar-refractivity contribution in [1.29, 1.82) is 0 Å². The highest BCUT2D eigenvalue weighted by Crippen LogP contribution is 2.31. The smallest absolute Gasteiger partial charge is 0.268 e. The van der Waals surface area contributed by atoms with Gasteiger partial charge in [-0.2, -0.15) is 0 Å². The highest BCUT2D eigenvalue weighted by molar-refractivity contribution is 7.17. The lowest BCUT2D eigenvalue weighted by atomic mass is 10.1. The zero-order valence-corrected chi connectivity index (χ0v) is 15.1. The molecule has 2 heterocycles. The number of aromatic hydroxyl groups is 1. The number of nitrogens with zero attached hydrogens (tertiary/aromatic N) is 1. The van der Waals surface area contributed by atoms with Crippen molar-refractivity contribution in [2.75, 3.05) is 5.32 Å². The van der Waals surface area contributed by atoms with Crippen LogP contribution in [0.4, 0.5) is 5.69 Å². The number of benzene rings is 2. The minimum Gasteiger partial charge on any atom is -0.505 e. The van der Waals surface area contributed by atoms with Crippen LogP contribution in [-0.2, 0) is 6.54 Å². The molecule has 2 aromatic carbocycles. The summed E-state index contributed by atoms with van der Waals surface area (Å²) in [5, 5.41) is 15.1. The average Bonchev–Trinajstić information content (AvgIpc) is 3.17. The van der Waals surface area contributed by atoms with Gasteiger partial charge in [0.1, 0.15) is 5.56 Å². The number of amides is 1. The van der Waals surface area contributed by atoms with Crippen molar-refractivity contribution >= 4 is 33.1 Å². The van der Waals surface area contributed by atoms with E-state index in [1.807, 2.05) is 36.4 Å². The predicted molar refractivity (Wildman–Crippen MR) is 108 cm³/mol. The molecule has 134 valence electrons. The number of thiophene rings is 1. The molecule has 0 aliphatic rings. The Labute approximate surface area is 159 Å². The molecule has 1 amide bonds. The Hall–Kier alpha value is -3.38. The van der Waals surface area contributed by atoms with Crippen LogP contribution >= 0.6 is 11.3 Å². The largest absolute Gasteiger partial charge is 0.505 e.